The Kier molecular flexibility index (Phi) is 15.8. The molecule has 0 bridgehead atoms. The highest BCUT2D eigenvalue weighted by Gasteiger charge is 2.26. The molecule has 2 N–H and O–H groups in total. The topological polar surface area (TPSA) is 150 Å². The Morgan fingerprint density at radius 1 is 0.732 bits per heavy atom. The molecule has 0 amide bonds. The molecule has 0 heterocycles. The zero-order chi connectivity index (χ0) is 31.1. The first-order chi connectivity index (χ1) is 19.2. The highest BCUT2D eigenvalue weighted by Crippen LogP contribution is 2.30. The average molecular weight is 582 g/mol. The van der Waals surface area contributed by atoms with Crippen LogP contribution >= 0.6 is 0 Å². The molecule has 1 unspecified atom stereocenters. The summed E-state index contributed by atoms with van der Waals surface area (Å²) < 4.78 is 31.6. The summed E-state index contributed by atoms with van der Waals surface area (Å²) in [5.41, 5.74) is 6.60. The molecule has 1 aromatic rings. The van der Waals surface area contributed by atoms with Crippen molar-refractivity contribution in [1.29, 1.82) is 0 Å². The third-order valence-corrected chi connectivity index (χ3v) is 6.26. The van der Waals surface area contributed by atoms with Gasteiger partial charge >= 0.3 is 24.2 Å². The van der Waals surface area contributed by atoms with Crippen LogP contribution < -0.4 is 15.2 Å². The van der Waals surface area contributed by atoms with Crippen molar-refractivity contribution in [3.8, 4) is 11.5 Å². The summed E-state index contributed by atoms with van der Waals surface area (Å²) in [6.07, 6.45) is -1.35. The first kappa shape index (κ1) is 35.7. The molecule has 11 nitrogen and oxygen atoms in total. The van der Waals surface area contributed by atoms with Crippen molar-refractivity contribution in [2.45, 2.75) is 99.3 Å². The fourth-order valence-corrected chi connectivity index (χ4v) is 3.10. The Labute approximate surface area is 243 Å². The first-order valence-electron chi connectivity index (χ1n) is 14.2. The Morgan fingerprint density at radius 2 is 1.22 bits per heavy atom. The SMILES string of the molecule is CCC(C)C(=O)O[C@@H](C)[C@H](C)OC(=O)[C@@H](N)Cc1ccc(OC(=O)OCCC(C)C)c(OC(=O)OCCC(C)C)c1. The maximum absolute atomic E-state index is 12.7. The van der Waals surface area contributed by atoms with Crippen LogP contribution in [0.5, 0.6) is 11.5 Å². The average Bonchev–Trinajstić information content (AvgIpc) is 2.88. The van der Waals surface area contributed by atoms with Gasteiger partial charge < -0.3 is 34.2 Å². The summed E-state index contributed by atoms with van der Waals surface area (Å²) in [6.45, 7) is 15.2. The van der Waals surface area contributed by atoms with E-state index in [4.69, 9.17) is 34.2 Å². The van der Waals surface area contributed by atoms with Gasteiger partial charge in [-0.2, -0.15) is 0 Å². The molecular formula is C30H47NO10. The zero-order valence-corrected chi connectivity index (χ0v) is 25.6. The number of benzene rings is 1. The summed E-state index contributed by atoms with van der Waals surface area (Å²) in [6, 6.07) is 3.33. The number of carbonyl (C=O) groups excluding carboxylic acids is 4. The van der Waals surface area contributed by atoms with Crippen LogP contribution in [0.4, 0.5) is 9.59 Å². The molecule has 232 valence electrons. The van der Waals surface area contributed by atoms with Crippen molar-refractivity contribution < 1.29 is 47.6 Å². The molecule has 1 aromatic carbocycles. The first-order valence-corrected chi connectivity index (χ1v) is 14.2. The summed E-state index contributed by atoms with van der Waals surface area (Å²) in [5.74, 6) is -0.835. The minimum absolute atomic E-state index is 0.0183. The molecule has 0 fully saturated rings. The van der Waals surface area contributed by atoms with Crippen molar-refractivity contribution >= 4 is 24.2 Å². The van der Waals surface area contributed by atoms with Crippen LogP contribution in [0.1, 0.15) is 80.2 Å². The van der Waals surface area contributed by atoms with Crippen molar-refractivity contribution in [1.82, 2.24) is 0 Å². The van der Waals surface area contributed by atoms with Crippen LogP contribution in [0, 0.1) is 17.8 Å². The summed E-state index contributed by atoms with van der Waals surface area (Å²) in [4.78, 5) is 49.2. The number of hydrogen-bond acceptors (Lipinski definition) is 11. The molecule has 0 aliphatic heterocycles. The largest absolute Gasteiger partial charge is 0.513 e. The second-order valence-corrected chi connectivity index (χ2v) is 11.0. The third kappa shape index (κ3) is 14.2. The number of carbonyl (C=O) groups is 4. The van der Waals surface area contributed by atoms with E-state index < -0.39 is 36.5 Å². The molecule has 0 spiro atoms. The maximum atomic E-state index is 12.7. The van der Waals surface area contributed by atoms with Gasteiger partial charge in [-0.25, -0.2) is 9.59 Å². The molecule has 1 rings (SSSR count). The van der Waals surface area contributed by atoms with E-state index in [9.17, 15) is 19.2 Å². The molecule has 0 aliphatic carbocycles. The Morgan fingerprint density at radius 3 is 1.71 bits per heavy atom. The van der Waals surface area contributed by atoms with Crippen molar-refractivity contribution in [2.75, 3.05) is 13.2 Å². The lowest BCUT2D eigenvalue weighted by atomic mass is 10.1. The number of hydrogen-bond donors (Lipinski definition) is 1. The lowest BCUT2D eigenvalue weighted by Gasteiger charge is -2.23. The van der Waals surface area contributed by atoms with Crippen LogP contribution in [0.3, 0.4) is 0 Å². The van der Waals surface area contributed by atoms with E-state index in [0.29, 0.717) is 36.7 Å². The Hall–Kier alpha value is -3.34. The van der Waals surface area contributed by atoms with Gasteiger partial charge in [-0.3, -0.25) is 9.59 Å². The molecule has 4 atom stereocenters. The van der Waals surface area contributed by atoms with E-state index in [1.54, 1.807) is 26.8 Å². The lowest BCUT2D eigenvalue weighted by molar-refractivity contribution is -0.168. The standard InChI is InChI=1S/C30H47NO10/c1-9-20(6)27(32)38-21(7)22(8)39-28(33)24(31)16-23-10-11-25(40-29(34)36-14-12-18(2)3)26(17-23)41-30(35)37-15-13-19(4)5/h10-11,17-22,24H,9,12-16,31H2,1-8H3/t20?,21-,22-,24-/m0/s1. The van der Waals surface area contributed by atoms with E-state index in [1.807, 2.05) is 34.6 Å². The lowest BCUT2D eigenvalue weighted by Crippen LogP contribution is -2.40. The molecule has 0 aromatic heterocycles. The van der Waals surface area contributed by atoms with Crippen LogP contribution in [-0.4, -0.2) is 55.7 Å². The van der Waals surface area contributed by atoms with Crippen LogP contribution in [-0.2, 0) is 35.0 Å². The Balaban J connectivity index is 2.92. The second kappa shape index (κ2) is 18.2. The number of rotatable bonds is 16. The summed E-state index contributed by atoms with van der Waals surface area (Å²) in [5, 5.41) is 0. The van der Waals surface area contributed by atoms with Gasteiger partial charge in [-0.05, 0) is 69.1 Å². The van der Waals surface area contributed by atoms with Gasteiger partial charge in [0, 0.05) is 0 Å². The molecule has 0 saturated carbocycles. The monoisotopic (exact) mass is 581 g/mol. The fraction of sp³-hybridized carbons (Fsp3) is 0.667. The van der Waals surface area contributed by atoms with Gasteiger partial charge in [0.1, 0.15) is 18.2 Å². The molecule has 0 aliphatic rings. The van der Waals surface area contributed by atoms with Gasteiger partial charge in [0.2, 0.25) is 0 Å². The molecule has 0 radical (unpaired) electrons. The predicted molar refractivity (Wildman–Crippen MR) is 152 cm³/mol. The third-order valence-electron chi connectivity index (χ3n) is 6.26. The van der Waals surface area contributed by atoms with Crippen molar-refractivity contribution in [3.05, 3.63) is 23.8 Å². The number of ether oxygens (including phenoxy) is 6. The van der Waals surface area contributed by atoms with Gasteiger partial charge in [-0.15, -0.1) is 0 Å². The number of esters is 2. The quantitative estimate of drug-likeness (QED) is 0.148. The molecule has 41 heavy (non-hydrogen) atoms. The van der Waals surface area contributed by atoms with Crippen molar-refractivity contribution in [2.24, 2.45) is 23.5 Å². The predicted octanol–water partition coefficient (Wildman–Crippen LogP) is 5.59. The second-order valence-electron chi connectivity index (χ2n) is 11.0. The zero-order valence-electron chi connectivity index (χ0n) is 25.6. The van der Waals surface area contributed by atoms with E-state index >= 15 is 0 Å². The highest BCUT2D eigenvalue weighted by molar-refractivity contribution is 5.76. The van der Waals surface area contributed by atoms with Crippen molar-refractivity contribution in [3.63, 3.8) is 0 Å². The number of nitrogens with two attached hydrogens (primary N) is 1. The highest BCUT2D eigenvalue weighted by atomic mass is 16.7. The van der Waals surface area contributed by atoms with Gasteiger partial charge in [0.05, 0.1) is 19.1 Å². The van der Waals surface area contributed by atoms with E-state index in [1.165, 1.54) is 12.1 Å². The van der Waals surface area contributed by atoms with Crippen LogP contribution in [0.2, 0.25) is 0 Å². The molecule has 0 saturated heterocycles. The minimum atomic E-state index is -1.08. The van der Waals surface area contributed by atoms with E-state index in [2.05, 4.69) is 0 Å². The summed E-state index contributed by atoms with van der Waals surface area (Å²) >= 11 is 0. The molecular weight excluding hydrogens is 534 g/mol. The van der Waals surface area contributed by atoms with E-state index in [-0.39, 0.29) is 43.0 Å². The normalized spacial score (nSPS) is 14.0. The fourth-order valence-electron chi connectivity index (χ4n) is 3.10. The van der Waals surface area contributed by atoms with Gasteiger partial charge in [0.15, 0.2) is 11.5 Å². The summed E-state index contributed by atoms with van der Waals surface area (Å²) in [7, 11) is 0. The van der Waals surface area contributed by atoms with Crippen LogP contribution in [0.25, 0.3) is 0 Å². The smallest absolute Gasteiger partial charge is 0.459 e. The molecule has 11 heteroatoms. The van der Waals surface area contributed by atoms with Gasteiger partial charge in [-0.1, -0.05) is 47.6 Å². The Bertz CT molecular complexity index is 993. The van der Waals surface area contributed by atoms with E-state index in [0.717, 1.165) is 0 Å². The van der Waals surface area contributed by atoms with Crippen LogP contribution in [0.15, 0.2) is 18.2 Å². The maximum Gasteiger partial charge on any atom is 0.513 e. The minimum Gasteiger partial charge on any atom is -0.459 e. The van der Waals surface area contributed by atoms with Gasteiger partial charge in [0.25, 0.3) is 0 Å².